The Morgan fingerprint density at radius 2 is 2.22 bits per heavy atom. The zero-order chi connectivity index (χ0) is 6.85. The lowest BCUT2D eigenvalue weighted by Crippen LogP contribution is -2.49. The molecule has 1 saturated heterocycles. The maximum Gasteiger partial charge on any atom is 0.0178 e. The topological polar surface area (TPSA) is 32.5 Å². The highest BCUT2D eigenvalue weighted by atomic mass is 15.4. The van der Waals surface area contributed by atoms with Gasteiger partial charge in [-0.3, -0.25) is 5.84 Å². The molecule has 54 valence electrons. The molecular formula is C6H15N3. The smallest absolute Gasteiger partial charge is 0.0178 e. The van der Waals surface area contributed by atoms with Crippen LogP contribution in [-0.4, -0.2) is 43.6 Å². The fourth-order valence-corrected chi connectivity index (χ4v) is 1.35. The van der Waals surface area contributed by atoms with E-state index in [-0.39, 0.29) is 0 Å². The molecule has 1 rings (SSSR count). The third-order valence-corrected chi connectivity index (χ3v) is 1.69. The molecular weight excluding hydrogens is 114 g/mol. The number of hydrogen-bond acceptors (Lipinski definition) is 3. The number of nitrogens with two attached hydrogens (primary N) is 1. The molecule has 1 heterocycles. The number of likely N-dealkylation sites (tertiary alicyclic amines) is 1. The van der Waals surface area contributed by atoms with Crippen molar-refractivity contribution in [1.29, 1.82) is 0 Å². The van der Waals surface area contributed by atoms with Crippen LogP contribution in [0, 0.1) is 5.92 Å². The van der Waals surface area contributed by atoms with Crippen LogP contribution >= 0.6 is 0 Å². The van der Waals surface area contributed by atoms with Gasteiger partial charge in [-0.25, -0.2) is 5.01 Å². The Morgan fingerprint density at radius 3 is 2.56 bits per heavy atom. The van der Waals surface area contributed by atoms with E-state index < -0.39 is 0 Å². The minimum atomic E-state index is 0.810. The van der Waals surface area contributed by atoms with Gasteiger partial charge in [0.2, 0.25) is 0 Å². The van der Waals surface area contributed by atoms with E-state index in [2.05, 4.69) is 11.9 Å². The van der Waals surface area contributed by atoms with Gasteiger partial charge in [0.05, 0.1) is 0 Å². The molecule has 3 heteroatoms. The fraction of sp³-hybridized carbons (Fsp3) is 1.00. The van der Waals surface area contributed by atoms with Crippen molar-refractivity contribution in [2.75, 3.05) is 33.7 Å². The summed E-state index contributed by atoms with van der Waals surface area (Å²) in [6, 6.07) is 0. The monoisotopic (exact) mass is 129 g/mol. The first-order valence-electron chi connectivity index (χ1n) is 3.33. The molecule has 0 aromatic rings. The predicted molar refractivity (Wildman–Crippen MR) is 37.8 cm³/mol. The van der Waals surface area contributed by atoms with Gasteiger partial charge in [-0.1, -0.05) is 0 Å². The van der Waals surface area contributed by atoms with Crippen LogP contribution in [0.1, 0.15) is 0 Å². The summed E-state index contributed by atoms with van der Waals surface area (Å²) in [6.07, 6.45) is 0. The molecule has 0 aliphatic carbocycles. The summed E-state index contributed by atoms with van der Waals surface area (Å²) in [5.41, 5.74) is 0. The molecule has 0 bridgehead atoms. The van der Waals surface area contributed by atoms with Crippen molar-refractivity contribution >= 4 is 0 Å². The van der Waals surface area contributed by atoms with Gasteiger partial charge in [0, 0.05) is 26.7 Å². The van der Waals surface area contributed by atoms with Crippen molar-refractivity contribution in [2.24, 2.45) is 11.8 Å². The Hall–Kier alpha value is -0.120. The van der Waals surface area contributed by atoms with Crippen molar-refractivity contribution in [3.05, 3.63) is 0 Å². The van der Waals surface area contributed by atoms with Crippen molar-refractivity contribution in [2.45, 2.75) is 0 Å². The first-order chi connectivity index (χ1) is 4.18. The largest absolute Gasteiger partial charge is 0.306 e. The summed E-state index contributed by atoms with van der Waals surface area (Å²) in [7, 11) is 4.05. The number of rotatable bonds is 2. The van der Waals surface area contributed by atoms with E-state index in [1.165, 1.54) is 13.1 Å². The first-order valence-corrected chi connectivity index (χ1v) is 3.33. The van der Waals surface area contributed by atoms with E-state index in [0.29, 0.717) is 0 Å². The average molecular weight is 129 g/mol. The van der Waals surface area contributed by atoms with Crippen LogP contribution in [0.25, 0.3) is 0 Å². The van der Waals surface area contributed by atoms with E-state index in [9.17, 15) is 0 Å². The van der Waals surface area contributed by atoms with Crippen molar-refractivity contribution in [3.8, 4) is 0 Å². The quantitative estimate of drug-likeness (QED) is 0.397. The third-order valence-electron chi connectivity index (χ3n) is 1.69. The first kappa shape index (κ1) is 6.99. The summed E-state index contributed by atoms with van der Waals surface area (Å²) in [5.74, 6) is 6.27. The van der Waals surface area contributed by atoms with Crippen LogP contribution in [0.5, 0.6) is 0 Å². The minimum Gasteiger partial charge on any atom is -0.306 e. The van der Waals surface area contributed by atoms with E-state index in [4.69, 9.17) is 5.84 Å². The number of hydrogen-bond donors (Lipinski definition) is 1. The molecule has 2 N–H and O–H groups in total. The fourth-order valence-electron chi connectivity index (χ4n) is 1.35. The zero-order valence-corrected chi connectivity index (χ0v) is 6.17. The van der Waals surface area contributed by atoms with Gasteiger partial charge in [-0.15, -0.1) is 0 Å². The maximum absolute atomic E-state index is 5.46. The van der Waals surface area contributed by atoms with E-state index >= 15 is 0 Å². The lowest BCUT2D eigenvalue weighted by atomic mass is 10.0. The third kappa shape index (κ3) is 1.93. The Morgan fingerprint density at radius 1 is 1.67 bits per heavy atom. The number of hydrazine groups is 1. The maximum atomic E-state index is 5.46. The molecule has 1 aliphatic rings. The Balaban J connectivity index is 2.04. The van der Waals surface area contributed by atoms with Gasteiger partial charge in [0.1, 0.15) is 0 Å². The zero-order valence-electron chi connectivity index (χ0n) is 6.17. The SMILES string of the molecule is CN(N)CC1CN(C)C1. The van der Waals surface area contributed by atoms with Gasteiger partial charge < -0.3 is 4.90 Å². The van der Waals surface area contributed by atoms with E-state index in [1.807, 2.05) is 7.05 Å². The van der Waals surface area contributed by atoms with Crippen molar-refractivity contribution in [1.82, 2.24) is 9.91 Å². The van der Waals surface area contributed by atoms with Crippen LogP contribution in [-0.2, 0) is 0 Å². The van der Waals surface area contributed by atoms with Crippen LogP contribution in [0.3, 0.4) is 0 Å². The van der Waals surface area contributed by atoms with Gasteiger partial charge in [0.15, 0.2) is 0 Å². The Kier molecular flexibility index (Phi) is 2.05. The summed E-state index contributed by atoms with van der Waals surface area (Å²) < 4.78 is 0. The van der Waals surface area contributed by atoms with Gasteiger partial charge >= 0.3 is 0 Å². The second kappa shape index (κ2) is 2.64. The van der Waals surface area contributed by atoms with Crippen molar-refractivity contribution < 1.29 is 0 Å². The summed E-state index contributed by atoms with van der Waals surface area (Å²) in [4.78, 5) is 2.30. The predicted octanol–water partition coefficient (Wildman–Crippen LogP) is -0.646. The van der Waals surface area contributed by atoms with E-state index in [0.717, 1.165) is 12.5 Å². The lowest BCUT2D eigenvalue weighted by Gasteiger charge is -2.37. The normalized spacial score (nSPS) is 22.7. The highest BCUT2D eigenvalue weighted by molar-refractivity contribution is 4.77. The molecule has 0 aromatic carbocycles. The number of nitrogens with zero attached hydrogens (tertiary/aromatic N) is 2. The highest BCUT2D eigenvalue weighted by Crippen LogP contribution is 2.11. The molecule has 0 atom stereocenters. The molecule has 1 aliphatic heterocycles. The molecule has 0 saturated carbocycles. The molecule has 0 radical (unpaired) electrons. The van der Waals surface area contributed by atoms with Crippen LogP contribution in [0.4, 0.5) is 0 Å². The molecule has 9 heavy (non-hydrogen) atoms. The van der Waals surface area contributed by atoms with Gasteiger partial charge in [-0.05, 0) is 13.0 Å². The second-order valence-electron chi connectivity index (χ2n) is 3.03. The average Bonchev–Trinajstić information content (AvgIpc) is 1.60. The van der Waals surface area contributed by atoms with Crippen LogP contribution in [0.2, 0.25) is 0 Å². The Bertz CT molecular complexity index is 86.3. The summed E-state index contributed by atoms with van der Waals surface area (Å²) >= 11 is 0. The lowest BCUT2D eigenvalue weighted by molar-refractivity contribution is 0.100. The second-order valence-corrected chi connectivity index (χ2v) is 3.03. The molecule has 0 spiro atoms. The van der Waals surface area contributed by atoms with Gasteiger partial charge in [0.25, 0.3) is 0 Å². The molecule has 1 fully saturated rings. The van der Waals surface area contributed by atoms with Crippen LogP contribution in [0.15, 0.2) is 0 Å². The summed E-state index contributed by atoms with van der Waals surface area (Å²) in [5, 5.41) is 1.76. The minimum absolute atomic E-state index is 0.810. The molecule has 0 aromatic heterocycles. The summed E-state index contributed by atoms with van der Waals surface area (Å²) in [6.45, 7) is 3.45. The van der Waals surface area contributed by atoms with Gasteiger partial charge in [-0.2, -0.15) is 0 Å². The standard InChI is InChI=1S/C6H15N3/c1-8-3-6(4-8)5-9(2)7/h6H,3-5,7H2,1-2H3. The van der Waals surface area contributed by atoms with E-state index in [1.54, 1.807) is 5.01 Å². The van der Waals surface area contributed by atoms with Crippen molar-refractivity contribution in [3.63, 3.8) is 0 Å². The molecule has 3 nitrogen and oxygen atoms in total. The molecule has 0 amide bonds. The van der Waals surface area contributed by atoms with Crippen LogP contribution < -0.4 is 5.84 Å². The highest BCUT2D eigenvalue weighted by Gasteiger charge is 2.23. The Labute approximate surface area is 56.4 Å². The molecule has 0 unspecified atom stereocenters.